The van der Waals surface area contributed by atoms with Crippen molar-refractivity contribution in [3.63, 3.8) is 0 Å². The van der Waals surface area contributed by atoms with E-state index in [1.807, 2.05) is 24.3 Å². The van der Waals surface area contributed by atoms with Crippen molar-refractivity contribution in [2.75, 3.05) is 9.80 Å². The van der Waals surface area contributed by atoms with Crippen LogP contribution in [0.25, 0.3) is 0 Å². The topological polar surface area (TPSA) is 54.1 Å². The number of fused-ring (bicyclic) bond motifs is 4. The Hall–Kier alpha value is -6.45. The molecule has 0 bridgehead atoms. The standard InChI is InChI=1S/C44H28N4Si2/c45-29-31-27-33(47-36-19-7-11-23-40(36)49-41-24-12-8-20-37(41)47)28-32(30-46)44(31)48-38-21-9-13-25-42(38)50(34-15-3-1-4-16-34,35-17-5-2-6-18-35)43-26-14-10-22-39(43)48/h1-28H. The van der Waals surface area contributed by atoms with E-state index in [0.717, 1.165) is 28.4 Å². The molecule has 0 unspecified atom stereocenters. The number of nitriles is 2. The van der Waals surface area contributed by atoms with Crippen LogP contribution in [0.1, 0.15) is 11.1 Å². The lowest BCUT2D eigenvalue weighted by Crippen LogP contribution is -2.77. The second-order valence-electron chi connectivity index (χ2n) is 12.5. The SMILES string of the molecule is N#Cc1cc(N2c3ccccc3[Si]c3ccccc32)cc(C#N)c1N1c2ccccc2[Si](c2ccccc2)(c2ccccc2)c2ccccc21. The molecule has 7 aromatic carbocycles. The van der Waals surface area contributed by atoms with Crippen molar-refractivity contribution < 1.29 is 0 Å². The third-order valence-corrected chi connectivity index (χ3v) is 16.1. The van der Waals surface area contributed by atoms with Gasteiger partial charge in [0, 0.05) is 28.4 Å². The van der Waals surface area contributed by atoms with Gasteiger partial charge < -0.3 is 9.80 Å². The molecular weight excluding hydrogens is 641 g/mol. The van der Waals surface area contributed by atoms with Crippen LogP contribution >= 0.6 is 0 Å². The van der Waals surface area contributed by atoms with E-state index in [1.165, 1.54) is 31.1 Å². The molecule has 0 saturated carbocycles. The molecule has 2 radical (unpaired) electrons. The second-order valence-corrected chi connectivity index (χ2v) is 17.5. The Kier molecular flexibility index (Phi) is 7.07. The summed E-state index contributed by atoms with van der Waals surface area (Å²) in [6, 6.07) is 64.6. The highest BCUT2D eigenvalue weighted by Gasteiger charge is 2.49. The van der Waals surface area contributed by atoms with Gasteiger partial charge in [0.1, 0.15) is 21.7 Å². The first-order valence-electron chi connectivity index (χ1n) is 16.6. The summed E-state index contributed by atoms with van der Waals surface area (Å²) in [5.41, 5.74) is 6.40. The molecule has 0 fully saturated rings. The summed E-state index contributed by atoms with van der Waals surface area (Å²) in [5.74, 6) is 0. The minimum atomic E-state index is -2.84. The smallest absolute Gasteiger partial charge is 0.184 e. The fourth-order valence-electron chi connectivity index (χ4n) is 7.91. The van der Waals surface area contributed by atoms with Crippen molar-refractivity contribution >= 4 is 82.8 Å². The van der Waals surface area contributed by atoms with Gasteiger partial charge >= 0.3 is 0 Å². The Morgan fingerprint density at radius 2 is 0.840 bits per heavy atom. The zero-order valence-electron chi connectivity index (χ0n) is 27.0. The monoisotopic (exact) mass is 668 g/mol. The van der Waals surface area contributed by atoms with E-state index in [1.54, 1.807) is 0 Å². The summed E-state index contributed by atoms with van der Waals surface area (Å²) >= 11 is 0. The molecule has 0 atom stereocenters. The number of para-hydroxylation sites is 4. The molecule has 2 heterocycles. The van der Waals surface area contributed by atoms with Gasteiger partial charge in [0.15, 0.2) is 8.07 Å². The Bertz CT molecular complexity index is 2350. The molecule has 2 aliphatic rings. The minimum absolute atomic E-state index is 0.445. The molecule has 50 heavy (non-hydrogen) atoms. The maximum Gasteiger partial charge on any atom is 0.184 e. The predicted octanol–water partition coefficient (Wildman–Crippen LogP) is 6.03. The van der Waals surface area contributed by atoms with Gasteiger partial charge in [-0.05, 0) is 67.5 Å². The molecule has 4 nitrogen and oxygen atoms in total. The van der Waals surface area contributed by atoms with Gasteiger partial charge in [-0.1, -0.05) is 133 Å². The van der Waals surface area contributed by atoms with Crippen molar-refractivity contribution in [1.82, 2.24) is 0 Å². The largest absolute Gasteiger partial charge is 0.311 e. The summed E-state index contributed by atoms with van der Waals surface area (Å²) in [7, 11) is -2.31. The zero-order chi connectivity index (χ0) is 33.7. The van der Waals surface area contributed by atoms with Crippen molar-refractivity contribution in [2.24, 2.45) is 0 Å². The van der Waals surface area contributed by atoms with Gasteiger partial charge in [0.05, 0.1) is 16.8 Å². The lowest BCUT2D eigenvalue weighted by atomic mass is 10.0. The Morgan fingerprint density at radius 3 is 1.30 bits per heavy atom. The normalized spacial score (nSPS) is 13.6. The van der Waals surface area contributed by atoms with E-state index in [4.69, 9.17) is 0 Å². The number of hydrogen-bond acceptors (Lipinski definition) is 4. The van der Waals surface area contributed by atoms with E-state index in [-0.39, 0.29) is 0 Å². The van der Waals surface area contributed by atoms with E-state index in [2.05, 4.69) is 168 Å². The highest BCUT2D eigenvalue weighted by atomic mass is 28.3. The average molecular weight is 669 g/mol. The molecule has 9 rings (SSSR count). The van der Waals surface area contributed by atoms with Crippen LogP contribution in [0.5, 0.6) is 0 Å². The van der Waals surface area contributed by atoms with Crippen LogP contribution < -0.4 is 40.9 Å². The van der Waals surface area contributed by atoms with Crippen LogP contribution in [0, 0.1) is 22.7 Å². The van der Waals surface area contributed by atoms with Gasteiger partial charge in [-0.2, -0.15) is 10.5 Å². The van der Waals surface area contributed by atoms with Crippen LogP contribution in [0.4, 0.5) is 34.1 Å². The number of rotatable bonds is 4. The molecule has 0 spiro atoms. The zero-order valence-corrected chi connectivity index (χ0v) is 29.0. The van der Waals surface area contributed by atoms with Crippen LogP contribution in [0.2, 0.25) is 0 Å². The molecule has 2 aliphatic heterocycles. The number of benzene rings is 7. The lowest BCUT2D eigenvalue weighted by molar-refractivity contribution is 1.24. The van der Waals surface area contributed by atoms with Crippen LogP contribution in [-0.2, 0) is 0 Å². The molecule has 6 heteroatoms. The first-order valence-corrected chi connectivity index (χ1v) is 19.6. The van der Waals surface area contributed by atoms with Gasteiger partial charge in [-0.15, -0.1) is 0 Å². The van der Waals surface area contributed by atoms with Crippen molar-refractivity contribution in [3.05, 3.63) is 181 Å². The number of hydrogen-bond donors (Lipinski definition) is 0. The molecule has 0 aliphatic carbocycles. The summed E-state index contributed by atoms with van der Waals surface area (Å²) in [6.45, 7) is 0. The van der Waals surface area contributed by atoms with Gasteiger partial charge in [0.25, 0.3) is 0 Å². The first kappa shape index (κ1) is 29.7. The molecule has 0 amide bonds. The average Bonchev–Trinajstić information content (AvgIpc) is 3.19. The maximum atomic E-state index is 10.9. The summed E-state index contributed by atoms with van der Waals surface area (Å²) < 4.78 is 0. The fourth-order valence-corrected chi connectivity index (χ4v) is 14.3. The quantitative estimate of drug-likeness (QED) is 0.215. The highest BCUT2D eigenvalue weighted by Crippen LogP contribution is 2.44. The second kappa shape index (κ2) is 11.9. The van der Waals surface area contributed by atoms with Gasteiger partial charge in [-0.3, -0.25) is 0 Å². The van der Waals surface area contributed by atoms with E-state index < -0.39 is 8.07 Å². The lowest BCUT2D eigenvalue weighted by Gasteiger charge is -2.45. The Labute approximate surface area is 295 Å². The number of anilines is 6. The van der Waals surface area contributed by atoms with Crippen molar-refractivity contribution in [1.29, 1.82) is 10.5 Å². The molecule has 0 N–H and O–H groups in total. The summed E-state index contributed by atoms with van der Waals surface area (Å²) in [5, 5.41) is 29.3. The van der Waals surface area contributed by atoms with Crippen LogP contribution in [-0.4, -0.2) is 17.6 Å². The molecule has 232 valence electrons. The highest BCUT2D eigenvalue weighted by molar-refractivity contribution is 7.21. The van der Waals surface area contributed by atoms with E-state index in [0.29, 0.717) is 26.3 Å². The van der Waals surface area contributed by atoms with Crippen LogP contribution in [0.3, 0.4) is 0 Å². The summed E-state index contributed by atoms with van der Waals surface area (Å²) in [6.07, 6.45) is 0. The third-order valence-electron chi connectivity index (χ3n) is 9.89. The summed E-state index contributed by atoms with van der Waals surface area (Å²) in [4.78, 5) is 4.37. The maximum absolute atomic E-state index is 10.9. The van der Waals surface area contributed by atoms with Crippen molar-refractivity contribution in [2.45, 2.75) is 0 Å². The van der Waals surface area contributed by atoms with Gasteiger partial charge in [0.2, 0.25) is 0 Å². The molecule has 0 aromatic heterocycles. The van der Waals surface area contributed by atoms with Crippen LogP contribution in [0.15, 0.2) is 170 Å². The minimum Gasteiger partial charge on any atom is -0.311 e. The van der Waals surface area contributed by atoms with Gasteiger partial charge in [-0.25, -0.2) is 0 Å². The van der Waals surface area contributed by atoms with E-state index in [9.17, 15) is 10.5 Å². The Balaban J connectivity index is 1.32. The first-order chi connectivity index (χ1) is 24.7. The molecule has 7 aromatic rings. The molecule has 0 saturated heterocycles. The fraction of sp³-hybridized carbons (Fsp3) is 0. The Morgan fingerprint density at radius 1 is 0.440 bits per heavy atom. The molecular formula is C44H28N4Si2. The third kappa shape index (κ3) is 4.34. The predicted molar refractivity (Wildman–Crippen MR) is 207 cm³/mol. The van der Waals surface area contributed by atoms with E-state index >= 15 is 0 Å². The van der Waals surface area contributed by atoms with Crippen molar-refractivity contribution in [3.8, 4) is 12.1 Å². The number of nitrogens with zero attached hydrogens (tertiary/aromatic N) is 4.